The maximum atomic E-state index is 11.7. The molecule has 0 unspecified atom stereocenters. The zero-order valence-electron chi connectivity index (χ0n) is 10.6. The van der Waals surface area contributed by atoms with Crippen LogP contribution in [0.4, 0.5) is 10.5 Å². The summed E-state index contributed by atoms with van der Waals surface area (Å²) in [6.45, 7) is 3.92. The lowest BCUT2D eigenvalue weighted by Crippen LogP contribution is -2.28. The van der Waals surface area contributed by atoms with Crippen LogP contribution >= 0.6 is 0 Å². The zero-order valence-corrected chi connectivity index (χ0v) is 10.6. The van der Waals surface area contributed by atoms with E-state index in [9.17, 15) is 9.59 Å². The lowest BCUT2D eigenvalue weighted by Gasteiger charge is -2.07. The minimum absolute atomic E-state index is 0.0647. The molecule has 19 heavy (non-hydrogen) atoms. The van der Waals surface area contributed by atoms with E-state index in [1.807, 2.05) is 0 Å². The van der Waals surface area contributed by atoms with E-state index >= 15 is 0 Å². The predicted octanol–water partition coefficient (Wildman–Crippen LogP) is 1.89. The molecular formula is C14H17N3O2. The second-order valence-corrected chi connectivity index (χ2v) is 4.45. The quantitative estimate of drug-likeness (QED) is 0.707. The molecule has 5 heteroatoms. The zero-order chi connectivity index (χ0) is 13.7. The molecule has 5 nitrogen and oxygen atoms in total. The number of carbonyl (C=O) groups excluding carboxylic acids is 2. The number of anilines is 1. The van der Waals surface area contributed by atoms with Crippen LogP contribution in [-0.2, 0) is 0 Å². The van der Waals surface area contributed by atoms with Crippen molar-refractivity contribution in [2.75, 3.05) is 11.9 Å². The molecule has 0 saturated heterocycles. The lowest BCUT2D eigenvalue weighted by molar-refractivity contribution is 0.0951. The van der Waals surface area contributed by atoms with Crippen molar-refractivity contribution in [2.45, 2.75) is 18.9 Å². The fourth-order valence-corrected chi connectivity index (χ4v) is 1.54. The summed E-state index contributed by atoms with van der Waals surface area (Å²) in [6.07, 6.45) is 3.73. The van der Waals surface area contributed by atoms with E-state index in [0.717, 1.165) is 12.8 Å². The lowest BCUT2D eigenvalue weighted by atomic mass is 10.2. The first kappa shape index (κ1) is 13.1. The van der Waals surface area contributed by atoms with Gasteiger partial charge in [0.15, 0.2) is 0 Å². The molecule has 0 aliphatic heterocycles. The molecule has 3 N–H and O–H groups in total. The molecule has 0 spiro atoms. The van der Waals surface area contributed by atoms with Crippen molar-refractivity contribution >= 4 is 17.6 Å². The van der Waals surface area contributed by atoms with Crippen molar-refractivity contribution in [1.82, 2.24) is 10.6 Å². The van der Waals surface area contributed by atoms with Crippen LogP contribution in [0.25, 0.3) is 0 Å². The van der Waals surface area contributed by atoms with Gasteiger partial charge in [-0.05, 0) is 37.1 Å². The van der Waals surface area contributed by atoms with E-state index in [0.29, 0.717) is 23.8 Å². The van der Waals surface area contributed by atoms with Gasteiger partial charge in [-0.25, -0.2) is 4.79 Å². The summed E-state index contributed by atoms with van der Waals surface area (Å²) in [5.74, 6) is -0.0647. The van der Waals surface area contributed by atoms with Crippen molar-refractivity contribution in [3.63, 3.8) is 0 Å². The van der Waals surface area contributed by atoms with Crippen LogP contribution in [0.2, 0.25) is 0 Å². The van der Waals surface area contributed by atoms with Gasteiger partial charge in [-0.1, -0.05) is 6.08 Å². The van der Waals surface area contributed by atoms with E-state index in [1.54, 1.807) is 30.3 Å². The van der Waals surface area contributed by atoms with Crippen molar-refractivity contribution in [3.05, 3.63) is 42.5 Å². The third-order valence-corrected chi connectivity index (χ3v) is 2.72. The Balaban J connectivity index is 1.88. The van der Waals surface area contributed by atoms with Crippen LogP contribution in [0.3, 0.4) is 0 Å². The summed E-state index contributed by atoms with van der Waals surface area (Å²) in [6, 6.07) is 6.84. The highest BCUT2D eigenvalue weighted by molar-refractivity contribution is 5.95. The summed E-state index contributed by atoms with van der Waals surface area (Å²) in [7, 11) is 0. The molecule has 1 saturated carbocycles. The van der Waals surface area contributed by atoms with Gasteiger partial charge in [-0.15, -0.1) is 6.58 Å². The number of rotatable bonds is 5. The topological polar surface area (TPSA) is 70.2 Å². The first-order valence-electron chi connectivity index (χ1n) is 6.25. The third-order valence-electron chi connectivity index (χ3n) is 2.72. The molecule has 1 fully saturated rings. The Labute approximate surface area is 112 Å². The van der Waals surface area contributed by atoms with Gasteiger partial charge in [0.25, 0.3) is 5.91 Å². The van der Waals surface area contributed by atoms with Gasteiger partial charge in [0.2, 0.25) is 0 Å². The normalized spacial score (nSPS) is 13.5. The number of hydrogen-bond donors (Lipinski definition) is 3. The standard InChI is InChI=1S/C14H17N3O2/c1-2-9-15-14(19)17-12-5-3-10(4-6-12)13(18)16-11-7-8-11/h2-6,11H,1,7-9H2,(H,16,18)(H2,15,17,19). The summed E-state index contributed by atoms with van der Waals surface area (Å²) >= 11 is 0. The number of urea groups is 1. The fourth-order valence-electron chi connectivity index (χ4n) is 1.54. The third kappa shape index (κ3) is 4.13. The van der Waals surface area contributed by atoms with E-state index in [2.05, 4.69) is 22.5 Å². The number of amides is 3. The minimum atomic E-state index is -0.296. The average Bonchev–Trinajstić information content (AvgIpc) is 3.21. The molecule has 0 heterocycles. The smallest absolute Gasteiger partial charge is 0.319 e. The summed E-state index contributed by atoms with van der Waals surface area (Å²) in [5.41, 5.74) is 1.24. The van der Waals surface area contributed by atoms with Crippen LogP contribution in [0, 0.1) is 0 Å². The van der Waals surface area contributed by atoms with Crippen molar-refractivity contribution in [2.24, 2.45) is 0 Å². The minimum Gasteiger partial charge on any atom is -0.349 e. The second kappa shape index (κ2) is 6.04. The summed E-state index contributed by atoms with van der Waals surface area (Å²) < 4.78 is 0. The van der Waals surface area contributed by atoms with Gasteiger partial charge in [0, 0.05) is 23.8 Å². The fraction of sp³-hybridized carbons (Fsp3) is 0.286. The molecule has 0 atom stereocenters. The SMILES string of the molecule is C=CCNC(=O)Nc1ccc(C(=O)NC2CC2)cc1. The number of nitrogens with one attached hydrogen (secondary N) is 3. The molecule has 2 rings (SSSR count). The summed E-state index contributed by atoms with van der Waals surface area (Å²) in [5, 5.41) is 8.18. The van der Waals surface area contributed by atoms with E-state index in [1.165, 1.54) is 0 Å². The first-order chi connectivity index (χ1) is 9.19. The van der Waals surface area contributed by atoms with Gasteiger partial charge < -0.3 is 16.0 Å². The van der Waals surface area contributed by atoms with E-state index in [-0.39, 0.29) is 11.9 Å². The van der Waals surface area contributed by atoms with Gasteiger partial charge in [0.1, 0.15) is 0 Å². The first-order valence-corrected chi connectivity index (χ1v) is 6.25. The molecule has 0 radical (unpaired) electrons. The average molecular weight is 259 g/mol. The van der Waals surface area contributed by atoms with Crippen LogP contribution in [0.15, 0.2) is 36.9 Å². The number of hydrogen-bond acceptors (Lipinski definition) is 2. The molecule has 1 aliphatic carbocycles. The molecule has 1 aliphatic rings. The highest BCUT2D eigenvalue weighted by Gasteiger charge is 2.23. The van der Waals surface area contributed by atoms with Gasteiger partial charge in [-0.2, -0.15) is 0 Å². The number of carbonyl (C=O) groups is 2. The Hall–Kier alpha value is -2.30. The Morgan fingerprint density at radius 3 is 2.53 bits per heavy atom. The Kier molecular flexibility index (Phi) is 4.18. The Morgan fingerprint density at radius 1 is 1.26 bits per heavy atom. The second-order valence-electron chi connectivity index (χ2n) is 4.45. The van der Waals surface area contributed by atoms with Crippen molar-refractivity contribution in [1.29, 1.82) is 0 Å². The molecule has 1 aromatic rings. The molecule has 3 amide bonds. The van der Waals surface area contributed by atoms with Crippen molar-refractivity contribution in [3.8, 4) is 0 Å². The maximum absolute atomic E-state index is 11.7. The Bertz CT molecular complexity index is 478. The number of benzene rings is 1. The maximum Gasteiger partial charge on any atom is 0.319 e. The molecule has 0 aromatic heterocycles. The molecule has 100 valence electrons. The van der Waals surface area contributed by atoms with Crippen LogP contribution in [-0.4, -0.2) is 24.5 Å². The van der Waals surface area contributed by atoms with E-state index in [4.69, 9.17) is 0 Å². The van der Waals surface area contributed by atoms with Gasteiger partial charge >= 0.3 is 6.03 Å². The van der Waals surface area contributed by atoms with Crippen molar-refractivity contribution < 1.29 is 9.59 Å². The largest absolute Gasteiger partial charge is 0.349 e. The summed E-state index contributed by atoms with van der Waals surface area (Å²) in [4.78, 5) is 23.1. The Morgan fingerprint density at radius 2 is 1.95 bits per heavy atom. The monoisotopic (exact) mass is 259 g/mol. The molecule has 0 bridgehead atoms. The highest BCUT2D eigenvalue weighted by atomic mass is 16.2. The van der Waals surface area contributed by atoms with Crippen LogP contribution in [0.5, 0.6) is 0 Å². The predicted molar refractivity (Wildman–Crippen MR) is 74.1 cm³/mol. The van der Waals surface area contributed by atoms with Gasteiger partial charge in [-0.3, -0.25) is 4.79 Å². The van der Waals surface area contributed by atoms with Gasteiger partial charge in [0.05, 0.1) is 0 Å². The molecule has 1 aromatic carbocycles. The van der Waals surface area contributed by atoms with E-state index < -0.39 is 0 Å². The van der Waals surface area contributed by atoms with Crippen LogP contribution in [0.1, 0.15) is 23.2 Å². The molecular weight excluding hydrogens is 242 g/mol. The van der Waals surface area contributed by atoms with Crippen LogP contribution < -0.4 is 16.0 Å². The highest BCUT2D eigenvalue weighted by Crippen LogP contribution is 2.19.